The van der Waals surface area contributed by atoms with Crippen molar-refractivity contribution in [1.82, 2.24) is 15.3 Å². The molecule has 0 spiro atoms. The summed E-state index contributed by atoms with van der Waals surface area (Å²) in [5, 5.41) is 4.33. The molecule has 3 heterocycles. The molecule has 1 N–H and O–H groups in total. The molecule has 1 aromatic carbocycles. The van der Waals surface area contributed by atoms with Gasteiger partial charge in [0.1, 0.15) is 17.7 Å². The van der Waals surface area contributed by atoms with Gasteiger partial charge < -0.3 is 14.5 Å². The zero-order valence-corrected chi connectivity index (χ0v) is 13.6. The van der Waals surface area contributed by atoms with Gasteiger partial charge in [0.25, 0.3) is 0 Å². The zero-order chi connectivity index (χ0) is 14.9. The summed E-state index contributed by atoms with van der Waals surface area (Å²) in [5.41, 5.74) is 2.37. The van der Waals surface area contributed by atoms with E-state index in [9.17, 15) is 0 Å². The SMILES string of the molecule is Brc1ccc2oc3cnc(COCC4CCNC4)nc3c2c1. The van der Waals surface area contributed by atoms with Crippen molar-refractivity contribution in [3.05, 3.63) is 34.7 Å². The van der Waals surface area contributed by atoms with E-state index < -0.39 is 0 Å². The van der Waals surface area contributed by atoms with E-state index in [-0.39, 0.29) is 0 Å². The highest BCUT2D eigenvalue weighted by Gasteiger charge is 2.15. The third-order valence-electron chi connectivity index (χ3n) is 3.97. The average Bonchev–Trinajstić information content (AvgIpc) is 3.15. The number of ether oxygens (including phenoxy) is 1. The Morgan fingerprint density at radius 3 is 3.18 bits per heavy atom. The minimum absolute atomic E-state index is 0.438. The third kappa shape index (κ3) is 2.74. The van der Waals surface area contributed by atoms with Crippen LogP contribution in [0.1, 0.15) is 12.2 Å². The highest BCUT2D eigenvalue weighted by molar-refractivity contribution is 9.10. The number of aromatic nitrogens is 2. The number of nitrogens with zero attached hydrogens (tertiary/aromatic N) is 2. The van der Waals surface area contributed by atoms with Gasteiger partial charge in [0, 0.05) is 16.4 Å². The second-order valence-electron chi connectivity index (χ2n) is 5.62. The summed E-state index contributed by atoms with van der Waals surface area (Å²) in [6.45, 7) is 3.33. The molecule has 1 aliphatic heterocycles. The van der Waals surface area contributed by atoms with Crippen molar-refractivity contribution >= 4 is 38.0 Å². The minimum atomic E-state index is 0.438. The number of fused-ring (bicyclic) bond motifs is 3. The molecule has 4 rings (SSSR count). The van der Waals surface area contributed by atoms with Crippen LogP contribution in [0.25, 0.3) is 22.1 Å². The Kier molecular flexibility index (Phi) is 3.82. The second kappa shape index (κ2) is 5.95. The first-order valence-corrected chi connectivity index (χ1v) is 8.21. The topological polar surface area (TPSA) is 60.2 Å². The van der Waals surface area contributed by atoms with E-state index in [0.29, 0.717) is 23.9 Å². The Labute approximate surface area is 136 Å². The highest BCUT2D eigenvalue weighted by atomic mass is 79.9. The molecule has 0 aliphatic carbocycles. The second-order valence-corrected chi connectivity index (χ2v) is 6.53. The van der Waals surface area contributed by atoms with Gasteiger partial charge in [0.05, 0.1) is 12.8 Å². The van der Waals surface area contributed by atoms with Crippen LogP contribution in [-0.4, -0.2) is 29.7 Å². The van der Waals surface area contributed by atoms with Gasteiger partial charge in [-0.2, -0.15) is 0 Å². The lowest BCUT2D eigenvalue weighted by molar-refractivity contribution is 0.0880. The predicted molar refractivity (Wildman–Crippen MR) is 87.6 cm³/mol. The summed E-state index contributed by atoms with van der Waals surface area (Å²) in [7, 11) is 0. The number of halogens is 1. The highest BCUT2D eigenvalue weighted by Crippen LogP contribution is 2.29. The van der Waals surface area contributed by atoms with Crippen LogP contribution in [0.3, 0.4) is 0 Å². The van der Waals surface area contributed by atoms with Crippen molar-refractivity contribution in [3.63, 3.8) is 0 Å². The van der Waals surface area contributed by atoms with Gasteiger partial charge in [-0.05, 0) is 37.1 Å². The van der Waals surface area contributed by atoms with Gasteiger partial charge in [-0.25, -0.2) is 9.97 Å². The fourth-order valence-electron chi connectivity index (χ4n) is 2.81. The average molecular weight is 362 g/mol. The molecule has 1 atom stereocenters. The largest absolute Gasteiger partial charge is 0.453 e. The van der Waals surface area contributed by atoms with E-state index in [4.69, 9.17) is 9.15 Å². The van der Waals surface area contributed by atoms with E-state index in [0.717, 1.165) is 40.7 Å². The van der Waals surface area contributed by atoms with Crippen LogP contribution in [0.4, 0.5) is 0 Å². The molecule has 2 aromatic heterocycles. The number of hydrogen-bond donors (Lipinski definition) is 1. The van der Waals surface area contributed by atoms with Crippen molar-refractivity contribution in [3.8, 4) is 0 Å². The van der Waals surface area contributed by atoms with Gasteiger partial charge >= 0.3 is 0 Å². The lowest BCUT2D eigenvalue weighted by Gasteiger charge is -2.08. The quantitative estimate of drug-likeness (QED) is 0.772. The van der Waals surface area contributed by atoms with Crippen molar-refractivity contribution in [2.24, 2.45) is 5.92 Å². The van der Waals surface area contributed by atoms with Crippen LogP contribution in [0.15, 0.2) is 33.3 Å². The van der Waals surface area contributed by atoms with Crippen LogP contribution in [0.5, 0.6) is 0 Å². The molecule has 1 fully saturated rings. The summed E-state index contributed by atoms with van der Waals surface area (Å²) in [4.78, 5) is 8.93. The molecule has 6 heteroatoms. The summed E-state index contributed by atoms with van der Waals surface area (Å²) >= 11 is 3.49. The molecule has 22 heavy (non-hydrogen) atoms. The minimum Gasteiger partial charge on any atom is -0.453 e. The standard InChI is InChI=1S/C16H16BrN3O2/c17-11-1-2-13-12(5-11)16-14(22-13)7-19-15(20-16)9-21-8-10-3-4-18-6-10/h1-2,5,7,10,18H,3-4,6,8-9H2. The summed E-state index contributed by atoms with van der Waals surface area (Å²) in [6.07, 6.45) is 2.91. The molecular formula is C16H16BrN3O2. The fraction of sp³-hybridized carbons (Fsp3) is 0.375. The van der Waals surface area contributed by atoms with Gasteiger partial charge in [0.15, 0.2) is 11.4 Å². The monoisotopic (exact) mass is 361 g/mol. The van der Waals surface area contributed by atoms with Gasteiger partial charge in [-0.1, -0.05) is 15.9 Å². The van der Waals surface area contributed by atoms with Crippen molar-refractivity contribution in [1.29, 1.82) is 0 Å². The maximum absolute atomic E-state index is 5.76. The Bertz CT molecular complexity index is 812. The lowest BCUT2D eigenvalue weighted by Crippen LogP contribution is -2.14. The molecule has 0 saturated carbocycles. The van der Waals surface area contributed by atoms with Crippen LogP contribution in [0, 0.1) is 5.92 Å². The molecule has 114 valence electrons. The Hall–Kier alpha value is -1.50. The normalized spacial score (nSPS) is 18.5. The third-order valence-corrected chi connectivity index (χ3v) is 4.46. The summed E-state index contributed by atoms with van der Waals surface area (Å²) in [6, 6.07) is 5.91. The molecule has 0 radical (unpaired) electrons. The van der Waals surface area contributed by atoms with Crippen molar-refractivity contribution in [2.75, 3.05) is 19.7 Å². The first kappa shape index (κ1) is 14.1. The van der Waals surface area contributed by atoms with E-state index in [2.05, 4.69) is 31.2 Å². The molecule has 0 bridgehead atoms. The number of nitrogens with one attached hydrogen (secondary N) is 1. The molecule has 1 unspecified atom stereocenters. The van der Waals surface area contributed by atoms with Crippen molar-refractivity contribution < 1.29 is 9.15 Å². The van der Waals surface area contributed by atoms with E-state index in [1.807, 2.05) is 18.2 Å². The molecular weight excluding hydrogens is 346 g/mol. The zero-order valence-electron chi connectivity index (χ0n) is 12.0. The van der Waals surface area contributed by atoms with E-state index in [1.54, 1.807) is 6.20 Å². The van der Waals surface area contributed by atoms with E-state index >= 15 is 0 Å². The first-order valence-electron chi connectivity index (χ1n) is 7.42. The Balaban J connectivity index is 1.56. The molecule has 5 nitrogen and oxygen atoms in total. The number of rotatable bonds is 4. The number of furan rings is 1. The van der Waals surface area contributed by atoms with Crippen LogP contribution in [-0.2, 0) is 11.3 Å². The Morgan fingerprint density at radius 2 is 2.32 bits per heavy atom. The van der Waals surface area contributed by atoms with Gasteiger partial charge in [0.2, 0.25) is 0 Å². The smallest absolute Gasteiger partial charge is 0.172 e. The van der Waals surface area contributed by atoms with Gasteiger partial charge in [-0.15, -0.1) is 0 Å². The van der Waals surface area contributed by atoms with Crippen LogP contribution < -0.4 is 5.32 Å². The number of benzene rings is 1. The lowest BCUT2D eigenvalue weighted by atomic mass is 10.1. The maximum Gasteiger partial charge on any atom is 0.172 e. The summed E-state index contributed by atoms with van der Waals surface area (Å²) in [5.74, 6) is 1.30. The molecule has 1 aliphatic rings. The van der Waals surface area contributed by atoms with Crippen LogP contribution >= 0.6 is 15.9 Å². The van der Waals surface area contributed by atoms with Gasteiger partial charge in [-0.3, -0.25) is 0 Å². The first-order chi connectivity index (χ1) is 10.8. The van der Waals surface area contributed by atoms with E-state index in [1.165, 1.54) is 6.42 Å². The molecule has 3 aromatic rings. The molecule has 0 amide bonds. The maximum atomic E-state index is 5.76. The molecule has 1 saturated heterocycles. The van der Waals surface area contributed by atoms with Crippen LogP contribution in [0.2, 0.25) is 0 Å². The summed E-state index contributed by atoms with van der Waals surface area (Å²) < 4.78 is 12.5. The van der Waals surface area contributed by atoms with Crippen molar-refractivity contribution in [2.45, 2.75) is 13.0 Å². The fourth-order valence-corrected chi connectivity index (χ4v) is 3.17. The Morgan fingerprint density at radius 1 is 1.36 bits per heavy atom. The predicted octanol–water partition coefficient (Wildman–Crippen LogP) is 3.26. The number of hydrogen-bond acceptors (Lipinski definition) is 5.